The van der Waals surface area contributed by atoms with Gasteiger partial charge in [-0.15, -0.1) is 0 Å². The molecule has 0 bridgehead atoms. The summed E-state index contributed by atoms with van der Waals surface area (Å²) < 4.78 is 38.5. The molecule has 1 N–H and O–H groups in total. The van der Waals surface area contributed by atoms with Gasteiger partial charge in [-0.1, -0.05) is 17.7 Å². The maximum absolute atomic E-state index is 13.4. The predicted molar refractivity (Wildman–Crippen MR) is 126 cm³/mol. The van der Waals surface area contributed by atoms with Crippen molar-refractivity contribution in [2.45, 2.75) is 11.8 Å². The van der Waals surface area contributed by atoms with Crippen molar-refractivity contribution >= 4 is 27.6 Å². The monoisotopic (exact) mass is 488 g/mol. The van der Waals surface area contributed by atoms with Gasteiger partial charge in [0.25, 0.3) is 10.0 Å². The van der Waals surface area contributed by atoms with Gasteiger partial charge in [-0.2, -0.15) is 0 Å². The number of piperazine rings is 1. The summed E-state index contributed by atoms with van der Waals surface area (Å²) in [6.45, 7) is 4.00. The number of aryl methyl sites for hydroxylation is 1. The standard InChI is InChI=1S/C23H28N4O6S/c1-17-3-6-19(7-4-17)34(30,31)27(23(29)26-11-9-25(2)10-12-26)16-22(28)24-18-5-8-20-21(15-18)33-14-13-32-20/h3-8,15H,9-14,16H2,1-2H3,(H,24,28). The molecule has 0 spiro atoms. The average Bonchev–Trinajstić information content (AvgIpc) is 2.83. The molecule has 2 heterocycles. The third kappa shape index (κ3) is 5.26. The van der Waals surface area contributed by atoms with Gasteiger partial charge in [0, 0.05) is 37.9 Å². The minimum Gasteiger partial charge on any atom is -0.486 e. The van der Waals surface area contributed by atoms with Crippen LogP contribution in [0.4, 0.5) is 10.5 Å². The van der Waals surface area contributed by atoms with E-state index < -0.39 is 28.5 Å². The lowest BCUT2D eigenvalue weighted by Crippen LogP contribution is -2.54. The zero-order chi connectivity index (χ0) is 24.3. The molecule has 2 aromatic carbocycles. The number of rotatable bonds is 5. The zero-order valence-electron chi connectivity index (χ0n) is 19.2. The number of likely N-dealkylation sites (N-methyl/N-ethyl adjacent to an activating group) is 1. The smallest absolute Gasteiger partial charge is 0.334 e. The Bertz CT molecular complexity index is 1160. The molecule has 1 saturated heterocycles. The van der Waals surface area contributed by atoms with Crippen LogP contribution in [-0.2, 0) is 14.8 Å². The molecule has 182 valence electrons. The van der Waals surface area contributed by atoms with Gasteiger partial charge in [0.1, 0.15) is 19.8 Å². The Labute approximate surface area is 199 Å². The van der Waals surface area contributed by atoms with Gasteiger partial charge < -0.3 is 24.6 Å². The van der Waals surface area contributed by atoms with E-state index in [0.29, 0.717) is 60.9 Å². The van der Waals surface area contributed by atoms with Crippen LogP contribution in [0.1, 0.15) is 5.56 Å². The Hall–Kier alpha value is -3.31. The highest BCUT2D eigenvalue weighted by molar-refractivity contribution is 7.89. The van der Waals surface area contributed by atoms with E-state index in [9.17, 15) is 18.0 Å². The van der Waals surface area contributed by atoms with E-state index >= 15 is 0 Å². The molecule has 0 aliphatic carbocycles. The first-order valence-corrected chi connectivity index (χ1v) is 12.4. The van der Waals surface area contributed by atoms with Crippen molar-refractivity contribution < 1.29 is 27.5 Å². The van der Waals surface area contributed by atoms with Crippen LogP contribution in [0.5, 0.6) is 11.5 Å². The molecule has 2 aliphatic rings. The fraction of sp³-hybridized carbons (Fsp3) is 0.391. The maximum Gasteiger partial charge on any atom is 0.334 e. The van der Waals surface area contributed by atoms with Crippen molar-refractivity contribution in [2.24, 2.45) is 0 Å². The molecule has 11 heteroatoms. The lowest BCUT2D eigenvalue weighted by Gasteiger charge is -2.35. The first-order valence-electron chi connectivity index (χ1n) is 11.0. The van der Waals surface area contributed by atoms with Crippen molar-refractivity contribution in [2.75, 3.05) is 58.3 Å². The lowest BCUT2D eigenvalue weighted by molar-refractivity contribution is -0.116. The Morgan fingerprint density at radius 2 is 1.62 bits per heavy atom. The summed E-state index contributed by atoms with van der Waals surface area (Å²) in [5.41, 5.74) is 1.29. The topological polar surface area (TPSA) is 108 Å². The number of urea groups is 1. The highest BCUT2D eigenvalue weighted by atomic mass is 32.2. The number of nitrogens with one attached hydrogen (secondary N) is 1. The van der Waals surface area contributed by atoms with Crippen molar-refractivity contribution in [3.8, 4) is 11.5 Å². The number of anilines is 1. The molecule has 2 aromatic rings. The maximum atomic E-state index is 13.4. The number of nitrogens with zero attached hydrogens (tertiary/aromatic N) is 3. The van der Waals surface area contributed by atoms with Crippen LogP contribution in [0.25, 0.3) is 0 Å². The van der Waals surface area contributed by atoms with Crippen molar-refractivity contribution in [1.29, 1.82) is 0 Å². The molecular formula is C23H28N4O6S. The molecule has 0 aromatic heterocycles. The number of amides is 3. The number of hydrogen-bond acceptors (Lipinski definition) is 7. The normalized spacial score (nSPS) is 16.1. The highest BCUT2D eigenvalue weighted by Crippen LogP contribution is 2.32. The van der Waals surface area contributed by atoms with Crippen molar-refractivity contribution in [1.82, 2.24) is 14.1 Å². The van der Waals surface area contributed by atoms with Gasteiger partial charge in [-0.25, -0.2) is 17.5 Å². The number of fused-ring (bicyclic) bond motifs is 1. The Balaban J connectivity index is 1.56. The quantitative estimate of drug-likeness (QED) is 0.683. The average molecular weight is 489 g/mol. The SMILES string of the molecule is Cc1ccc(S(=O)(=O)N(CC(=O)Nc2ccc3c(c2)OCCO3)C(=O)N2CCN(C)CC2)cc1. The summed E-state index contributed by atoms with van der Waals surface area (Å²) in [6, 6.07) is 10.4. The molecule has 0 atom stereocenters. The first kappa shape index (κ1) is 23.8. The summed E-state index contributed by atoms with van der Waals surface area (Å²) in [4.78, 5) is 29.7. The molecule has 1 fully saturated rings. The van der Waals surface area contributed by atoms with Gasteiger partial charge in [0.2, 0.25) is 5.91 Å². The second kappa shape index (κ2) is 9.90. The van der Waals surface area contributed by atoms with Crippen LogP contribution in [0.2, 0.25) is 0 Å². The summed E-state index contributed by atoms with van der Waals surface area (Å²) in [5.74, 6) is 0.412. The Morgan fingerprint density at radius 3 is 2.29 bits per heavy atom. The van der Waals surface area contributed by atoms with Crippen molar-refractivity contribution in [3.63, 3.8) is 0 Å². The number of hydrogen-bond donors (Lipinski definition) is 1. The predicted octanol–water partition coefficient (Wildman–Crippen LogP) is 1.76. The summed E-state index contributed by atoms with van der Waals surface area (Å²) in [6.07, 6.45) is 0. The van der Waals surface area contributed by atoms with E-state index in [4.69, 9.17) is 9.47 Å². The molecule has 0 unspecified atom stereocenters. The second-order valence-electron chi connectivity index (χ2n) is 8.30. The molecule has 34 heavy (non-hydrogen) atoms. The van der Waals surface area contributed by atoms with Crippen LogP contribution in [-0.4, -0.2) is 87.4 Å². The van der Waals surface area contributed by atoms with Crippen LogP contribution >= 0.6 is 0 Å². The highest BCUT2D eigenvalue weighted by Gasteiger charge is 2.35. The van der Waals surface area contributed by atoms with Gasteiger partial charge in [0.15, 0.2) is 11.5 Å². The third-order valence-electron chi connectivity index (χ3n) is 5.71. The largest absolute Gasteiger partial charge is 0.486 e. The van der Waals surface area contributed by atoms with Crippen molar-refractivity contribution in [3.05, 3.63) is 48.0 Å². The van der Waals surface area contributed by atoms with E-state index in [1.165, 1.54) is 17.0 Å². The van der Waals surface area contributed by atoms with Crippen LogP contribution in [0.15, 0.2) is 47.4 Å². The fourth-order valence-corrected chi connectivity index (χ4v) is 5.04. The van der Waals surface area contributed by atoms with E-state index in [1.807, 2.05) is 14.0 Å². The zero-order valence-corrected chi connectivity index (χ0v) is 20.0. The number of carbonyl (C=O) groups excluding carboxylic acids is 2. The van der Waals surface area contributed by atoms with Crippen LogP contribution in [0.3, 0.4) is 0 Å². The minimum absolute atomic E-state index is 0.0484. The van der Waals surface area contributed by atoms with Gasteiger partial charge in [-0.05, 0) is 38.2 Å². The number of sulfonamides is 1. The first-order chi connectivity index (χ1) is 16.2. The minimum atomic E-state index is -4.26. The van der Waals surface area contributed by atoms with Crippen LogP contribution in [0, 0.1) is 6.92 Å². The fourth-order valence-electron chi connectivity index (χ4n) is 3.70. The van der Waals surface area contributed by atoms with E-state index in [2.05, 4.69) is 10.2 Å². The third-order valence-corrected chi connectivity index (χ3v) is 7.44. The summed E-state index contributed by atoms with van der Waals surface area (Å²) in [7, 11) is -2.32. The molecule has 4 rings (SSSR count). The number of carbonyl (C=O) groups is 2. The molecular weight excluding hydrogens is 460 g/mol. The summed E-state index contributed by atoms with van der Waals surface area (Å²) in [5, 5.41) is 2.66. The molecule has 10 nitrogen and oxygen atoms in total. The van der Waals surface area contributed by atoms with E-state index in [-0.39, 0.29) is 4.90 Å². The summed E-state index contributed by atoms with van der Waals surface area (Å²) >= 11 is 0. The molecule has 0 saturated carbocycles. The second-order valence-corrected chi connectivity index (χ2v) is 10.2. The molecule has 0 radical (unpaired) electrons. The molecule has 3 amide bonds. The van der Waals surface area contributed by atoms with Crippen LogP contribution < -0.4 is 14.8 Å². The Kier molecular flexibility index (Phi) is 6.94. The van der Waals surface area contributed by atoms with E-state index in [0.717, 1.165) is 5.56 Å². The van der Waals surface area contributed by atoms with Gasteiger partial charge in [0.05, 0.1) is 4.90 Å². The number of benzene rings is 2. The Morgan fingerprint density at radius 1 is 0.971 bits per heavy atom. The van der Waals surface area contributed by atoms with E-state index in [1.54, 1.807) is 30.3 Å². The molecule has 2 aliphatic heterocycles. The van der Waals surface area contributed by atoms with Gasteiger partial charge >= 0.3 is 6.03 Å². The number of ether oxygens (including phenoxy) is 2. The lowest BCUT2D eigenvalue weighted by atomic mass is 10.2. The van der Waals surface area contributed by atoms with Gasteiger partial charge in [-0.3, -0.25) is 4.79 Å².